The minimum atomic E-state index is 0.0416. The predicted octanol–water partition coefficient (Wildman–Crippen LogP) is 3.08. The molecule has 2 rings (SSSR count). The molecule has 3 nitrogen and oxygen atoms in total. The Morgan fingerprint density at radius 3 is 2.05 bits per heavy atom. The van der Waals surface area contributed by atoms with Gasteiger partial charge in [0.25, 0.3) is 0 Å². The number of aryl methyl sites for hydroxylation is 2. The van der Waals surface area contributed by atoms with Gasteiger partial charge in [0, 0.05) is 0 Å². The topological polar surface area (TPSA) is 49.7 Å². The van der Waals surface area contributed by atoms with E-state index in [0.29, 0.717) is 6.61 Å². The van der Waals surface area contributed by atoms with Crippen LogP contribution in [0.25, 0.3) is 0 Å². The van der Waals surface area contributed by atoms with Crippen molar-refractivity contribution in [1.29, 1.82) is 0 Å². The Hall–Kier alpha value is -2.00. The van der Waals surface area contributed by atoms with Gasteiger partial charge in [-0.2, -0.15) is 0 Å². The molecule has 0 radical (unpaired) electrons. The number of aliphatic hydroxyl groups excluding tert-OH is 1. The van der Waals surface area contributed by atoms with Crippen molar-refractivity contribution in [3.8, 4) is 11.5 Å². The van der Waals surface area contributed by atoms with E-state index >= 15 is 0 Å². The standard InChI is InChI=1S/C16H18O3/c1-11-7-14(9-17)8-12(2)16(11)19-10-13-3-5-15(18)6-4-13/h3-8,17-18H,9-10H2,1-2H3. The fraction of sp³-hybridized carbons (Fsp3) is 0.250. The molecular formula is C16H18O3. The van der Waals surface area contributed by atoms with Gasteiger partial charge in [0.15, 0.2) is 0 Å². The van der Waals surface area contributed by atoms with E-state index < -0.39 is 0 Å². The minimum Gasteiger partial charge on any atom is -0.508 e. The van der Waals surface area contributed by atoms with Crippen molar-refractivity contribution in [3.63, 3.8) is 0 Å². The van der Waals surface area contributed by atoms with Gasteiger partial charge >= 0.3 is 0 Å². The van der Waals surface area contributed by atoms with Crippen molar-refractivity contribution in [2.75, 3.05) is 0 Å². The zero-order valence-electron chi connectivity index (χ0n) is 11.2. The first-order chi connectivity index (χ1) is 9.10. The van der Waals surface area contributed by atoms with Crippen LogP contribution >= 0.6 is 0 Å². The number of hydrogen-bond donors (Lipinski definition) is 2. The Morgan fingerprint density at radius 2 is 1.53 bits per heavy atom. The van der Waals surface area contributed by atoms with Gasteiger partial charge < -0.3 is 14.9 Å². The SMILES string of the molecule is Cc1cc(CO)cc(C)c1OCc1ccc(O)cc1. The average molecular weight is 258 g/mol. The molecule has 3 heteroatoms. The summed E-state index contributed by atoms with van der Waals surface area (Å²) in [5.41, 5.74) is 3.93. The molecule has 0 aliphatic heterocycles. The monoisotopic (exact) mass is 258 g/mol. The molecule has 0 aromatic heterocycles. The first-order valence-electron chi connectivity index (χ1n) is 6.22. The van der Waals surface area contributed by atoms with Gasteiger partial charge in [0.2, 0.25) is 0 Å². The number of phenolic OH excluding ortho intramolecular Hbond substituents is 1. The maximum absolute atomic E-state index is 9.22. The van der Waals surface area contributed by atoms with Gasteiger partial charge in [0.1, 0.15) is 18.1 Å². The van der Waals surface area contributed by atoms with Crippen molar-refractivity contribution in [3.05, 3.63) is 58.7 Å². The number of phenols is 1. The Bertz CT molecular complexity index is 536. The van der Waals surface area contributed by atoms with E-state index in [9.17, 15) is 5.11 Å². The first-order valence-corrected chi connectivity index (χ1v) is 6.22. The molecule has 100 valence electrons. The van der Waals surface area contributed by atoms with Crippen LogP contribution in [0, 0.1) is 13.8 Å². The average Bonchev–Trinajstić information content (AvgIpc) is 2.39. The fourth-order valence-corrected chi connectivity index (χ4v) is 2.11. The third-order valence-corrected chi connectivity index (χ3v) is 3.02. The lowest BCUT2D eigenvalue weighted by molar-refractivity contribution is 0.280. The van der Waals surface area contributed by atoms with E-state index in [0.717, 1.165) is 28.0 Å². The summed E-state index contributed by atoms with van der Waals surface area (Å²) in [5.74, 6) is 1.11. The van der Waals surface area contributed by atoms with Crippen LogP contribution in [0.1, 0.15) is 22.3 Å². The van der Waals surface area contributed by atoms with E-state index in [2.05, 4.69) is 0 Å². The van der Waals surface area contributed by atoms with E-state index in [1.807, 2.05) is 38.1 Å². The number of aromatic hydroxyl groups is 1. The van der Waals surface area contributed by atoms with Crippen LogP contribution < -0.4 is 4.74 Å². The zero-order chi connectivity index (χ0) is 13.8. The van der Waals surface area contributed by atoms with E-state index in [1.54, 1.807) is 12.1 Å². The van der Waals surface area contributed by atoms with E-state index in [-0.39, 0.29) is 12.4 Å². The summed E-state index contributed by atoms with van der Waals surface area (Å²) in [7, 11) is 0. The van der Waals surface area contributed by atoms with Gasteiger partial charge in [-0.25, -0.2) is 0 Å². The summed E-state index contributed by atoms with van der Waals surface area (Å²) in [6.45, 7) is 4.44. The van der Waals surface area contributed by atoms with Crippen LogP contribution in [0.5, 0.6) is 11.5 Å². The van der Waals surface area contributed by atoms with Crippen LogP contribution in [0.2, 0.25) is 0 Å². The molecule has 0 aliphatic carbocycles. The molecule has 19 heavy (non-hydrogen) atoms. The molecule has 0 spiro atoms. The van der Waals surface area contributed by atoms with Crippen LogP contribution in [0.4, 0.5) is 0 Å². The number of ether oxygens (including phenoxy) is 1. The van der Waals surface area contributed by atoms with Crippen LogP contribution in [-0.4, -0.2) is 10.2 Å². The van der Waals surface area contributed by atoms with Crippen LogP contribution in [-0.2, 0) is 13.2 Å². The summed E-state index contributed by atoms with van der Waals surface area (Å²) >= 11 is 0. The number of aliphatic hydroxyl groups is 1. The summed E-state index contributed by atoms with van der Waals surface area (Å²) in [6.07, 6.45) is 0. The van der Waals surface area contributed by atoms with Gasteiger partial charge in [-0.3, -0.25) is 0 Å². The Balaban J connectivity index is 2.13. The highest BCUT2D eigenvalue weighted by atomic mass is 16.5. The Labute approximate surface area is 113 Å². The maximum atomic E-state index is 9.22. The Morgan fingerprint density at radius 1 is 0.947 bits per heavy atom. The number of hydrogen-bond acceptors (Lipinski definition) is 3. The minimum absolute atomic E-state index is 0.0416. The molecule has 2 aromatic carbocycles. The molecule has 0 saturated heterocycles. The second kappa shape index (κ2) is 5.76. The van der Waals surface area contributed by atoms with Crippen molar-refractivity contribution in [2.24, 2.45) is 0 Å². The number of benzene rings is 2. The first kappa shape index (κ1) is 13.4. The zero-order valence-corrected chi connectivity index (χ0v) is 11.2. The molecule has 0 aliphatic rings. The normalized spacial score (nSPS) is 10.5. The second-order valence-corrected chi connectivity index (χ2v) is 4.67. The van der Waals surface area contributed by atoms with Crippen LogP contribution in [0.3, 0.4) is 0 Å². The van der Waals surface area contributed by atoms with Gasteiger partial charge in [-0.15, -0.1) is 0 Å². The highest BCUT2D eigenvalue weighted by molar-refractivity contribution is 5.43. The molecule has 0 atom stereocenters. The molecule has 0 unspecified atom stereocenters. The molecular weight excluding hydrogens is 240 g/mol. The maximum Gasteiger partial charge on any atom is 0.125 e. The lowest BCUT2D eigenvalue weighted by Gasteiger charge is -2.13. The van der Waals surface area contributed by atoms with Crippen LogP contribution in [0.15, 0.2) is 36.4 Å². The molecule has 0 fully saturated rings. The molecule has 2 N–H and O–H groups in total. The third-order valence-electron chi connectivity index (χ3n) is 3.02. The van der Waals surface area contributed by atoms with Gasteiger partial charge in [-0.05, 0) is 48.2 Å². The van der Waals surface area contributed by atoms with Crippen molar-refractivity contribution in [1.82, 2.24) is 0 Å². The smallest absolute Gasteiger partial charge is 0.125 e. The molecule has 0 saturated carbocycles. The molecule has 0 amide bonds. The van der Waals surface area contributed by atoms with Gasteiger partial charge in [-0.1, -0.05) is 24.3 Å². The van der Waals surface area contributed by atoms with E-state index in [1.165, 1.54) is 0 Å². The third kappa shape index (κ3) is 3.26. The Kier molecular flexibility index (Phi) is 4.07. The summed E-state index contributed by atoms with van der Waals surface area (Å²) in [5, 5.41) is 18.4. The summed E-state index contributed by atoms with van der Waals surface area (Å²) in [4.78, 5) is 0. The summed E-state index contributed by atoms with van der Waals surface area (Å²) < 4.78 is 5.83. The highest BCUT2D eigenvalue weighted by Gasteiger charge is 2.06. The highest BCUT2D eigenvalue weighted by Crippen LogP contribution is 2.26. The van der Waals surface area contributed by atoms with Crippen molar-refractivity contribution in [2.45, 2.75) is 27.1 Å². The lowest BCUT2D eigenvalue weighted by Crippen LogP contribution is -2.00. The predicted molar refractivity (Wildman–Crippen MR) is 74.3 cm³/mol. The fourth-order valence-electron chi connectivity index (χ4n) is 2.11. The van der Waals surface area contributed by atoms with E-state index in [4.69, 9.17) is 9.84 Å². The van der Waals surface area contributed by atoms with Crippen molar-refractivity contribution < 1.29 is 14.9 Å². The molecule has 2 aromatic rings. The lowest BCUT2D eigenvalue weighted by atomic mass is 10.1. The molecule has 0 bridgehead atoms. The van der Waals surface area contributed by atoms with Gasteiger partial charge in [0.05, 0.1) is 6.61 Å². The summed E-state index contributed by atoms with van der Waals surface area (Å²) in [6, 6.07) is 10.8. The largest absolute Gasteiger partial charge is 0.508 e. The van der Waals surface area contributed by atoms with Crippen molar-refractivity contribution >= 4 is 0 Å². The second-order valence-electron chi connectivity index (χ2n) is 4.67. The quantitative estimate of drug-likeness (QED) is 0.886. The molecule has 0 heterocycles. The number of rotatable bonds is 4.